The predicted molar refractivity (Wildman–Crippen MR) is 128 cm³/mol. The minimum Gasteiger partial charge on any atom is -0.481 e. The third kappa shape index (κ3) is 3.35. The molecule has 4 aromatic rings. The van der Waals surface area contributed by atoms with E-state index in [0.29, 0.717) is 19.3 Å². The van der Waals surface area contributed by atoms with Crippen LogP contribution in [0.15, 0.2) is 66.7 Å². The summed E-state index contributed by atoms with van der Waals surface area (Å²) in [5.41, 5.74) is 4.23. The van der Waals surface area contributed by atoms with Gasteiger partial charge in [-0.15, -0.1) is 0 Å². The molecule has 0 bridgehead atoms. The lowest BCUT2D eigenvalue weighted by Crippen LogP contribution is -2.34. The summed E-state index contributed by atoms with van der Waals surface area (Å²) in [5.74, 6) is -1.44. The van der Waals surface area contributed by atoms with Crippen molar-refractivity contribution >= 4 is 34.1 Å². The average molecular weight is 440 g/mol. The number of hydrogen-bond acceptors (Lipinski definition) is 4. The first-order chi connectivity index (χ1) is 15.9. The maximum Gasteiger partial charge on any atom is 0.306 e. The number of pyridine rings is 1. The van der Waals surface area contributed by atoms with Gasteiger partial charge in [0.2, 0.25) is 0 Å². The second kappa shape index (κ2) is 8.00. The molecule has 0 saturated heterocycles. The van der Waals surface area contributed by atoms with E-state index in [1.807, 2.05) is 43.3 Å². The summed E-state index contributed by atoms with van der Waals surface area (Å²) in [5, 5.41) is 13.0. The molecule has 3 unspecified atom stereocenters. The monoisotopic (exact) mass is 439 g/mol. The minimum absolute atomic E-state index is 0.382. The number of rotatable bonds is 7. The lowest BCUT2D eigenvalue weighted by atomic mass is 9.68. The van der Waals surface area contributed by atoms with Crippen LogP contribution in [-0.2, 0) is 19.7 Å². The lowest BCUT2D eigenvalue weighted by Gasteiger charge is -2.35. The molecule has 5 nitrogen and oxygen atoms in total. The van der Waals surface area contributed by atoms with Crippen molar-refractivity contribution in [1.29, 1.82) is 0 Å². The summed E-state index contributed by atoms with van der Waals surface area (Å²) in [7, 11) is 0. The van der Waals surface area contributed by atoms with E-state index in [1.54, 1.807) is 6.92 Å². The van der Waals surface area contributed by atoms with Crippen molar-refractivity contribution in [1.82, 2.24) is 4.98 Å². The largest absolute Gasteiger partial charge is 0.481 e. The topological polar surface area (TPSA) is 76.5 Å². The molecule has 3 aromatic carbocycles. The fraction of sp³-hybridized carbons (Fsp3) is 0.250. The molecule has 0 aliphatic heterocycles. The van der Waals surface area contributed by atoms with E-state index >= 15 is 0 Å². The highest BCUT2D eigenvalue weighted by molar-refractivity contribution is 6.03. The van der Waals surface area contributed by atoms with Crippen LogP contribution in [0.25, 0.3) is 32.9 Å². The van der Waals surface area contributed by atoms with Gasteiger partial charge in [0.05, 0.1) is 23.2 Å². The molecule has 166 valence electrons. The van der Waals surface area contributed by atoms with Crippen molar-refractivity contribution in [3.05, 3.63) is 77.9 Å². The maximum atomic E-state index is 12.0. The zero-order chi connectivity index (χ0) is 23.2. The molecule has 1 N–H and O–H groups in total. The number of fused-ring (bicyclic) bond motifs is 6. The van der Waals surface area contributed by atoms with E-state index in [9.17, 15) is 14.7 Å². The Morgan fingerprint density at radius 3 is 2.48 bits per heavy atom. The molecule has 1 aliphatic carbocycles. The van der Waals surface area contributed by atoms with Crippen molar-refractivity contribution in [3.63, 3.8) is 0 Å². The van der Waals surface area contributed by atoms with Gasteiger partial charge in [-0.1, -0.05) is 61.5 Å². The van der Waals surface area contributed by atoms with Gasteiger partial charge >= 0.3 is 5.97 Å². The zero-order valence-electron chi connectivity index (χ0n) is 18.6. The number of benzene rings is 3. The fourth-order valence-electron chi connectivity index (χ4n) is 5.51. The predicted octanol–water partition coefficient (Wildman–Crippen LogP) is 5.72. The van der Waals surface area contributed by atoms with Crippen LogP contribution in [-0.4, -0.2) is 28.6 Å². The average Bonchev–Trinajstić information content (AvgIpc) is 3.06. The molecule has 0 fully saturated rings. The van der Waals surface area contributed by atoms with E-state index in [1.165, 1.54) is 0 Å². The second-order valence-electron chi connectivity index (χ2n) is 9.06. The SMILES string of the molecule is CC(CC1(CC(C)C(=O)O)c2cc3ccccc3nc2-c2c1ccc1ccccc21)OC=O. The zero-order valence-corrected chi connectivity index (χ0v) is 18.6. The normalized spacial score (nSPS) is 18.5. The van der Waals surface area contributed by atoms with Crippen molar-refractivity contribution in [2.24, 2.45) is 5.92 Å². The molecule has 0 radical (unpaired) electrons. The van der Waals surface area contributed by atoms with E-state index in [4.69, 9.17) is 9.72 Å². The minimum atomic E-state index is -0.845. The highest BCUT2D eigenvalue weighted by atomic mass is 16.5. The molecule has 0 saturated carbocycles. The molecular weight excluding hydrogens is 414 g/mol. The van der Waals surface area contributed by atoms with Crippen LogP contribution in [0.2, 0.25) is 0 Å². The van der Waals surface area contributed by atoms with Crippen molar-refractivity contribution in [2.75, 3.05) is 0 Å². The van der Waals surface area contributed by atoms with Crippen LogP contribution >= 0.6 is 0 Å². The molecule has 1 aromatic heterocycles. The first-order valence-corrected chi connectivity index (χ1v) is 11.2. The molecule has 1 heterocycles. The molecule has 3 atom stereocenters. The third-order valence-electron chi connectivity index (χ3n) is 6.92. The number of carboxylic acid groups (broad SMARTS) is 1. The van der Waals surface area contributed by atoms with Gasteiger partial charge in [-0.05, 0) is 53.8 Å². The highest BCUT2D eigenvalue weighted by Crippen LogP contribution is 2.56. The number of nitrogens with zero attached hydrogens (tertiary/aromatic N) is 1. The smallest absolute Gasteiger partial charge is 0.306 e. The Labute approximate surface area is 192 Å². The third-order valence-corrected chi connectivity index (χ3v) is 6.92. The van der Waals surface area contributed by atoms with Crippen molar-refractivity contribution in [3.8, 4) is 11.3 Å². The number of aromatic nitrogens is 1. The maximum absolute atomic E-state index is 12.0. The summed E-state index contributed by atoms with van der Waals surface area (Å²) >= 11 is 0. The number of ether oxygens (including phenoxy) is 1. The molecule has 1 aliphatic rings. The Hall–Kier alpha value is -3.73. The van der Waals surface area contributed by atoms with Gasteiger partial charge in [0.15, 0.2) is 0 Å². The highest BCUT2D eigenvalue weighted by Gasteiger charge is 2.47. The van der Waals surface area contributed by atoms with Crippen LogP contribution in [0.4, 0.5) is 0 Å². The van der Waals surface area contributed by atoms with Crippen LogP contribution in [0, 0.1) is 5.92 Å². The summed E-state index contributed by atoms with van der Waals surface area (Å²) in [6, 6.07) is 22.5. The first-order valence-electron chi connectivity index (χ1n) is 11.2. The quantitative estimate of drug-likeness (QED) is 0.373. The van der Waals surface area contributed by atoms with Crippen molar-refractivity contribution < 1.29 is 19.4 Å². The Morgan fingerprint density at radius 2 is 1.73 bits per heavy atom. The molecule has 5 heteroatoms. The fourth-order valence-corrected chi connectivity index (χ4v) is 5.51. The molecular formula is C28H25NO4. The van der Waals surface area contributed by atoms with Crippen LogP contribution in [0.5, 0.6) is 0 Å². The number of carbonyl (C=O) groups is 2. The second-order valence-corrected chi connectivity index (χ2v) is 9.06. The van der Waals surface area contributed by atoms with E-state index in [0.717, 1.165) is 44.1 Å². The molecule has 5 rings (SSSR count). The lowest BCUT2D eigenvalue weighted by molar-refractivity contribution is -0.142. The molecule has 33 heavy (non-hydrogen) atoms. The van der Waals surface area contributed by atoms with Gasteiger partial charge in [-0.25, -0.2) is 4.98 Å². The Balaban J connectivity index is 1.87. The van der Waals surface area contributed by atoms with Crippen LogP contribution < -0.4 is 0 Å². The van der Waals surface area contributed by atoms with Gasteiger partial charge < -0.3 is 9.84 Å². The summed E-state index contributed by atoms with van der Waals surface area (Å²) in [6.45, 7) is 4.06. The molecule has 0 amide bonds. The Bertz CT molecular complexity index is 1400. The van der Waals surface area contributed by atoms with E-state index in [2.05, 4.69) is 30.3 Å². The summed E-state index contributed by atoms with van der Waals surface area (Å²) in [4.78, 5) is 28.2. The Morgan fingerprint density at radius 1 is 1.00 bits per heavy atom. The van der Waals surface area contributed by atoms with Crippen LogP contribution in [0.3, 0.4) is 0 Å². The summed E-state index contributed by atoms with van der Waals surface area (Å²) in [6.07, 6.45) is 0.467. The Kier molecular flexibility index (Phi) is 5.12. The standard InChI is InChI=1S/C28H25NO4/c1-17(27(31)32)14-28(15-18(2)33-16-30)22-12-11-19-7-3-5-9-21(19)25(22)26-23(28)13-20-8-4-6-10-24(20)29-26/h3-13,16-18H,14-15H2,1-2H3,(H,31,32). The van der Waals surface area contributed by atoms with Gasteiger partial charge in [-0.3, -0.25) is 9.59 Å². The van der Waals surface area contributed by atoms with Gasteiger partial charge in [-0.2, -0.15) is 0 Å². The number of carboxylic acids is 1. The number of hydrogen-bond donors (Lipinski definition) is 1. The summed E-state index contributed by atoms with van der Waals surface area (Å²) < 4.78 is 5.33. The number of aliphatic carboxylic acids is 1. The van der Waals surface area contributed by atoms with E-state index in [-0.39, 0.29) is 6.10 Å². The number of carbonyl (C=O) groups excluding carboxylic acids is 1. The van der Waals surface area contributed by atoms with Crippen molar-refractivity contribution in [2.45, 2.75) is 38.2 Å². The van der Waals surface area contributed by atoms with Gasteiger partial charge in [0, 0.05) is 16.4 Å². The van der Waals surface area contributed by atoms with Crippen LogP contribution in [0.1, 0.15) is 37.8 Å². The first kappa shape index (κ1) is 21.1. The van der Waals surface area contributed by atoms with E-state index < -0.39 is 17.3 Å². The molecule has 0 spiro atoms. The van der Waals surface area contributed by atoms with Gasteiger partial charge in [0.25, 0.3) is 6.47 Å². The van der Waals surface area contributed by atoms with Gasteiger partial charge in [0.1, 0.15) is 0 Å². The number of para-hydroxylation sites is 1.